The average Bonchev–Trinajstić information content (AvgIpc) is 3.32. The minimum absolute atomic E-state index is 0.00122. The fourth-order valence-electron chi connectivity index (χ4n) is 4.17. The number of halogens is 1. The maximum Gasteiger partial charge on any atom is 0.250 e. The Bertz CT molecular complexity index is 1440. The predicted molar refractivity (Wildman–Crippen MR) is 129 cm³/mol. The van der Waals surface area contributed by atoms with Crippen molar-refractivity contribution in [3.63, 3.8) is 0 Å². The maximum absolute atomic E-state index is 14.2. The number of alkyl halides is 1. The summed E-state index contributed by atoms with van der Waals surface area (Å²) in [6, 6.07) is 1.85. The molecule has 5 heterocycles. The number of nitrogens with zero attached hydrogens (tertiary/aromatic N) is 7. The van der Waals surface area contributed by atoms with Crippen molar-refractivity contribution in [3.8, 4) is 22.6 Å². The first-order valence-corrected chi connectivity index (χ1v) is 11.4. The Balaban J connectivity index is 1.63. The normalized spacial score (nSPS) is 17.6. The molecule has 2 N–H and O–H groups in total. The van der Waals surface area contributed by atoms with Gasteiger partial charge in [0, 0.05) is 42.8 Å². The van der Waals surface area contributed by atoms with Gasteiger partial charge in [0.05, 0.1) is 5.56 Å². The van der Waals surface area contributed by atoms with Gasteiger partial charge in [-0.3, -0.25) is 10.1 Å². The summed E-state index contributed by atoms with van der Waals surface area (Å²) < 4.78 is 16.2. The molecule has 35 heavy (non-hydrogen) atoms. The van der Waals surface area contributed by atoms with Gasteiger partial charge in [-0.05, 0) is 40.7 Å². The van der Waals surface area contributed by atoms with E-state index in [1.165, 1.54) is 20.2 Å². The van der Waals surface area contributed by atoms with Crippen molar-refractivity contribution in [1.82, 2.24) is 39.8 Å². The van der Waals surface area contributed by atoms with Gasteiger partial charge in [-0.15, -0.1) is 0 Å². The quantitative estimate of drug-likeness (QED) is 0.436. The molecule has 1 aliphatic heterocycles. The summed E-state index contributed by atoms with van der Waals surface area (Å²) in [6.45, 7) is 9.13. The number of carbonyl (C=O) groups excluding carboxylic acids is 1. The highest BCUT2D eigenvalue weighted by Gasteiger charge is 2.44. The SMILES string of the molecule is CCn1c(-c2cnc(C)nc2)nc2c(-c3cnc4c(c3)C(C)(NCC(C)(C)F)C(=O)N4)ncnc21. The number of hydrogen-bond donors (Lipinski definition) is 2. The van der Waals surface area contributed by atoms with Gasteiger partial charge in [-0.25, -0.2) is 34.3 Å². The molecule has 0 fully saturated rings. The van der Waals surface area contributed by atoms with Crippen LogP contribution in [0.25, 0.3) is 33.8 Å². The molecule has 5 rings (SSSR count). The fourth-order valence-corrected chi connectivity index (χ4v) is 4.17. The van der Waals surface area contributed by atoms with Gasteiger partial charge in [-0.2, -0.15) is 0 Å². The molecule has 11 heteroatoms. The Kier molecular flexibility index (Phi) is 5.32. The number of aromatic nitrogens is 7. The van der Waals surface area contributed by atoms with Crippen LogP contribution in [0.15, 0.2) is 31.0 Å². The van der Waals surface area contributed by atoms with Gasteiger partial charge in [0.1, 0.15) is 46.2 Å². The van der Waals surface area contributed by atoms with Gasteiger partial charge in [0.25, 0.3) is 0 Å². The zero-order valence-corrected chi connectivity index (χ0v) is 20.2. The molecule has 10 nitrogen and oxygen atoms in total. The molecule has 0 aliphatic carbocycles. The molecule has 0 aromatic carbocycles. The number of imidazole rings is 1. The highest BCUT2D eigenvalue weighted by atomic mass is 19.1. The first-order valence-electron chi connectivity index (χ1n) is 11.4. The van der Waals surface area contributed by atoms with Gasteiger partial charge < -0.3 is 9.88 Å². The Morgan fingerprint density at radius 2 is 1.83 bits per heavy atom. The maximum atomic E-state index is 14.2. The molecular formula is C24H26FN9O. The summed E-state index contributed by atoms with van der Waals surface area (Å²) in [6.07, 6.45) is 6.60. The van der Waals surface area contributed by atoms with Crippen molar-refractivity contribution in [1.29, 1.82) is 0 Å². The highest BCUT2D eigenvalue weighted by Crippen LogP contribution is 2.38. The molecule has 4 aromatic rings. The molecule has 0 saturated heterocycles. The Morgan fingerprint density at radius 3 is 2.51 bits per heavy atom. The number of nitrogens with one attached hydrogen (secondary N) is 2. The van der Waals surface area contributed by atoms with Gasteiger partial charge >= 0.3 is 0 Å². The van der Waals surface area contributed by atoms with E-state index in [0.717, 1.165) is 5.56 Å². The first-order chi connectivity index (χ1) is 16.6. The lowest BCUT2D eigenvalue weighted by atomic mass is 9.92. The van der Waals surface area contributed by atoms with Gasteiger partial charge in [0.2, 0.25) is 5.91 Å². The van der Waals surface area contributed by atoms with Crippen LogP contribution in [0.5, 0.6) is 0 Å². The lowest BCUT2D eigenvalue weighted by Crippen LogP contribution is -2.49. The zero-order valence-electron chi connectivity index (χ0n) is 20.2. The topological polar surface area (TPSA) is 123 Å². The first kappa shape index (κ1) is 22.9. The second-order valence-corrected chi connectivity index (χ2v) is 9.36. The molecule has 0 saturated carbocycles. The number of fused-ring (bicyclic) bond motifs is 2. The Morgan fingerprint density at radius 1 is 1.11 bits per heavy atom. The van der Waals surface area contributed by atoms with Crippen LogP contribution in [-0.2, 0) is 16.9 Å². The van der Waals surface area contributed by atoms with Crippen LogP contribution in [0.2, 0.25) is 0 Å². The second kappa shape index (κ2) is 8.12. The number of hydrogen-bond acceptors (Lipinski definition) is 8. The van der Waals surface area contributed by atoms with Crippen molar-refractivity contribution in [2.45, 2.75) is 52.4 Å². The van der Waals surface area contributed by atoms with E-state index >= 15 is 0 Å². The number of amides is 1. The third-order valence-corrected chi connectivity index (χ3v) is 6.14. The molecule has 180 valence electrons. The van der Waals surface area contributed by atoms with Crippen molar-refractivity contribution in [2.75, 3.05) is 11.9 Å². The molecule has 0 radical (unpaired) electrons. The predicted octanol–water partition coefficient (Wildman–Crippen LogP) is 3.18. The molecule has 4 aromatic heterocycles. The fraction of sp³-hybridized carbons (Fsp3) is 0.375. The summed E-state index contributed by atoms with van der Waals surface area (Å²) in [5, 5.41) is 5.86. The monoisotopic (exact) mass is 475 g/mol. The third-order valence-electron chi connectivity index (χ3n) is 6.14. The summed E-state index contributed by atoms with van der Waals surface area (Å²) in [5.74, 6) is 1.51. The van der Waals surface area contributed by atoms with E-state index in [9.17, 15) is 9.18 Å². The third kappa shape index (κ3) is 3.91. The van der Waals surface area contributed by atoms with Crippen LogP contribution in [0.3, 0.4) is 0 Å². The number of aryl methyl sites for hydroxylation is 2. The van der Waals surface area contributed by atoms with Crippen molar-refractivity contribution < 1.29 is 9.18 Å². The number of rotatable bonds is 6. The summed E-state index contributed by atoms with van der Waals surface area (Å²) >= 11 is 0. The highest BCUT2D eigenvalue weighted by molar-refractivity contribution is 6.05. The largest absolute Gasteiger partial charge is 0.309 e. The standard InChI is InChI=1S/C24H26FN9O/c1-6-34-20(15-9-26-13(2)27-10-15)32-18-17(29-12-30-21(18)34)14-7-16-19(28-8-14)33-22(35)24(16,5)31-11-23(3,4)25/h7-10,12,31H,6,11H2,1-5H3,(H,28,33,35). The van der Waals surface area contributed by atoms with Crippen LogP contribution in [0, 0.1) is 6.92 Å². The molecule has 1 unspecified atom stereocenters. The van der Waals surface area contributed by atoms with E-state index in [1.54, 1.807) is 25.5 Å². The van der Waals surface area contributed by atoms with Crippen LogP contribution in [0.4, 0.5) is 10.2 Å². The van der Waals surface area contributed by atoms with E-state index in [4.69, 9.17) is 4.98 Å². The number of carbonyl (C=O) groups is 1. The van der Waals surface area contributed by atoms with Crippen LogP contribution < -0.4 is 10.6 Å². The molecule has 1 atom stereocenters. The lowest BCUT2D eigenvalue weighted by molar-refractivity contribution is -0.121. The van der Waals surface area contributed by atoms with Crippen molar-refractivity contribution in [2.24, 2.45) is 0 Å². The second-order valence-electron chi connectivity index (χ2n) is 9.36. The molecule has 1 amide bonds. The lowest BCUT2D eigenvalue weighted by Gasteiger charge is -2.27. The smallest absolute Gasteiger partial charge is 0.250 e. The Hall–Kier alpha value is -3.86. The van der Waals surface area contributed by atoms with E-state index in [-0.39, 0.29) is 12.5 Å². The minimum Gasteiger partial charge on any atom is -0.309 e. The molecular weight excluding hydrogens is 449 g/mol. The summed E-state index contributed by atoms with van der Waals surface area (Å²) in [7, 11) is 0. The van der Waals surface area contributed by atoms with Crippen LogP contribution in [-0.4, -0.2) is 52.6 Å². The van der Waals surface area contributed by atoms with E-state index in [1.807, 2.05) is 24.5 Å². The van der Waals surface area contributed by atoms with E-state index in [2.05, 4.69) is 35.6 Å². The zero-order chi connectivity index (χ0) is 25.0. The molecule has 0 bridgehead atoms. The van der Waals surface area contributed by atoms with Crippen molar-refractivity contribution in [3.05, 3.63) is 42.4 Å². The Labute approximate surface area is 201 Å². The van der Waals surface area contributed by atoms with Crippen LogP contribution >= 0.6 is 0 Å². The van der Waals surface area contributed by atoms with E-state index in [0.29, 0.717) is 52.0 Å². The average molecular weight is 476 g/mol. The van der Waals surface area contributed by atoms with E-state index < -0.39 is 11.2 Å². The minimum atomic E-state index is -1.49. The van der Waals surface area contributed by atoms with Gasteiger partial charge in [0.15, 0.2) is 5.65 Å². The van der Waals surface area contributed by atoms with Crippen LogP contribution in [0.1, 0.15) is 39.1 Å². The summed E-state index contributed by atoms with van der Waals surface area (Å²) in [5.41, 5.74) is 1.30. The van der Waals surface area contributed by atoms with Gasteiger partial charge in [-0.1, -0.05) is 0 Å². The summed E-state index contributed by atoms with van der Waals surface area (Å²) in [4.78, 5) is 39.7. The number of anilines is 1. The molecule has 0 spiro atoms. The van der Waals surface area contributed by atoms with Crippen molar-refractivity contribution >= 4 is 22.9 Å². The number of pyridine rings is 1. The molecule has 1 aliphatic rings.